The Morgan fingerprint density at radius 1 is 1.18 bits per heavy atom. The smallest absolute Gasteiger partial charge is 0.298 e. The van der Waals surface area contributed by atoms with Crippen LogP contribution in [0.5, 0.6) is 0 Å². The number of nitrogens with zero attached hydrogens (tertiary/aromatic N) is 1. The first-order valence-corrected chi connectivity index (χ1v) is 7.60. The SMILES string of the molecule is Cc1ccc(C(=O)Cn2c(=O)[nH]c3sc(C)cc3c2=O)cc1. The molecule has 112 valence electrons. The van der Waals surface area contributed by atoms with E-state index >= 15 is 0 Å². The Hall–Kier alpha value is -2.47. The van der Waals surface area contributed by atoms with Crippen LogP contribution in [0.2, 0.25) is 0 Å². The number of carbonyl (C=O) groups is 1. The number of carbonyl (C=O) groups excluding carboxylic acids is 1. The number of thiophene rings is 1. The van der Waals surface area contributed by atoms with Crippen molar-refractivity contribution in [1.29, 1.82) is 0 Å². The zero-order chi connectivity index (χ0) is 15.9. The van der Waals surface area contributed by atoms with Gasteiger partial charge in [0.15, 0.2) is 5.78 Å². The van der Waals surface area contributed by atoms with Crippen LogP contribution in [0.1, 0.15) is 20.8 Å². The number of nitrogens with one attached hydrogen (secondary N) is 1. The van der Waals surface area contributed by atoms with Gasteiger partial charge in [0.1, 0.15) is 4.83 Å². The number of H-pyrrole nitrogens is 1. The monoisotopic (exact) mass is 314 g/mol. The molecule has 1 aromatic carbocycles. The molecule has 5 nitrogen and oxygen atoms in total. The molecule has 2 aromatic heterocycles. The van der Waals surface area contributed by atoms with Crippen LogP contribution < -0.4 is 11.2 Å². The molecular formula is C16H14N2O3S. The fourth-order valence-electron chi connectivity index (χ4n) is 2.29. The number of ketones is 1. The van der Waals surface area contributed by atoms with Crippen LogP contribution in [-0.4, -0.2) is 15.3 Å². The Balaban J connectivity index is 2.03. The zero-order valence-electron chi connectivity index (χ0n) is 12.2. The van der Waals surface area contributed by atoms with Crippen LogP contribution in [0.25, 0.3) is 10.2 Å². The molecular weight excluding hydrogens is 300 g/mol. The molecule has 0 atom stereocenters. The summed E-state index contributed by atoms with van der Waals surface area (Å²) < 4.78 is 0.955. The molecule has 0 amide bonds. The summed E-state index contributed by atoms with van der Waals surface area (Å²) in [7, 11) is 0. The van der Waals surface area contributed by atoms with Gasteiger partial charge in [-0.3, -0.25) is 19.1 Å². The molecule has 6 heteroatoms. The van der Waals surface area contributed by atoms with E-state index < -0.39 is 11.2 Å². The molecule has 0 saturated carbocycles. The molecule has 0 bridgehead atoms. The van der Waals surface area contributed by atoms with Gasteiger partial charge in [-0.2, -0.15) is 0 Å². The fourth-order valence-corrected chi connectivity index (χ4v) is 3.18. The maximum Gasteiger partial charge on any atom is 0.329 e. The number of Topliss-reactive ketones (excluding diaryl/α,β-unsaturated/α-hetero) is 1. The van der Waals surface area contributed by atoms with Gasteiger partial charge in [0.25, 0.3) is 5.56 Å². The highest BCUT2D eigenvalue weighted by atomic mass is 32.1. The quantitative estimate of drug-likeness (QED) is 0.754. The van der Waals surface area contributed by atoms with Gasteiger partial charge < -0.3 is 0 Å². The normalized spacial score (nSPS) is 11.0. The van der Waals surface area contributed by atoms with Crippen molar-refractivity contribution < 1.29 is 4.79 Å². The van der Waals surface area contributed by atoms with Crippen LogP contribution in [0.15, 0.2) is 39.9 Å². The van der Waals surface area contributed by atoms with Gasteiger partial charge in [-0.25, -0.2) is 4.79 Å². The predicted molar refractivity (Wildman–Crippen MR) is 87.0 cm³/mol. The minimum absolute atomic E-state index is 0.262. The lowest BCUT2D eigenvalue weighted by Gasteiger charge is -2.04. The van der Waals surface area contributed by atoms with Crippen molar-refractivity contribution >= 4 is 27.3 Å². The van der Waals surface area contributed by atoms with E-state index in [4.69, 9.17) is 0 Å². The fraction of sp³-hybridized carbons (Fsp3) is 0.188. The van der Waals surface area contributed by atoms with Crippen LogP contribution in [0.4, 0.5) is 0 Å². The van der Waals surface area contributed by atoms with Crippen molar-refractivity contribution in [3.8, 4) is 0 Å². The summed E-state index contributed by atoms with van der Waals surface area (Å²) in [5.74, 6) is -0.265. The first-order valence-electron chi connectivity index (χ1n) is 6.79. The van der Waals surface area contributed by atoms with Crippen molar-refractivity contribution in [2.75, 3.05) is 0 Å². The number of hydrogen-bond acceptors (Lipinski definition) is 4. The average Bonchev–Trinajstić information content (AvgIpc) is 2.84. The summed E-state index contributed by atoms with van der Waals surface area (Å²) >= 11 is 1.35. The number of aryl methyl sites for hydroxylation is 2. The van der Waals surface area contributed by atoms with Gasteiger partial charge in [0, 0.05) is 10.4 Å². The molecule has 22 heavy (non-hydrogen) atoms. The van der Waals surface area contributed by atoms with Gasteiger partial charge in [-0.15, -0.1) is 11.3 Å². The number of rotatable bonds is 3. The second kappa shape index (κ2) is 5.38. The van der Waals surface area contributed by atoms with E-state index in [1.165, 1.54) is 11.3 Å². The van der Waals surface area contributed by atoms with Gasteiger partial charge in [-0.1, -0.05) is 29.8 Å². The second-order valence-electron chi connectivity index (χ2n) is 5.21. The van der Waals surface area contributed by atoms with Crippen molar-refractivity contribution in [3.05, 3.63) is 67.2 Å². The number of aromatic amines is 1. The molecule has 0 unspecified atom stereocenters. The Morgan fingerprint density at radius 3 is 2.55 bits per heavy atom. The summed E-state index contributed by atoms with van der Waals surface area (Å²) in [6, 6.07) is 8.77. The number of benzene rings is 1. The standard InChI is InChI=1S/C16H14N2O3S/c1-9-3-5-11(6-4-9)13(19)8-18-15(20)12-7-10(2)22-14(12)17-16(18)21/h3-7H,8H2,1-2H3,(H,17,21). The number of hydrogen-bond donors (Lipinski definition) is 1. The summed E-state index contributed by atoms with van der Waals surface area (Å²) in [4.78, 5) is 40.8. The van der Waals surface area contributed by atoms with Crippen LogP contribution in [0.3, 0.4) is 0 Å². The first-order chi connectivity index (χ1) is 10.5. The lowest BCUT2D eigenvalue weighted by atomic mass is 10.1. The molecule has 0 saturated heterocycles. The third-order valence-corrected chi connectivity index (χ3v) is 4.44. The maximum atomic E-state index is 12.4. The Morgan fingerprint density at radius 2 is 1.86 bits per heavy atom. The van der Waals surface area contributed by atoms with Gasteiger partial charge in [0.05, 0.1) is 11.9 Å². The molecule has 3 aromatic rings. The predicted octanol–water partition coefficient (Wildman–Crippen LogP) is 2.25. The van der Waals surface area contributed by atoms with Gasteiger partial charge in [-0.05, 0) is 19.9 Å². The molecule has 1 N–H and O–H groups in total. The highest BCUT2D eigenvalue weighted by Crippen LogP contribution is 2.18. The minimum atomic E-state index is -0.556. The topological polar surface area (TPSA) is 71.9 Å². The van der Waals surface area contributed by atoms with Crippen molar-refractivity contribution in [3.63, 3.8) is 0 Å². The minimum Gasteiger partial charge on any atom is -0.298 e. The summed E-state index contributed by atoms with van der Waals surface area (Å²) in [6.45, 7) is 3.53. The van der Waals surface area contributed by atoms with E-state index in [0.29, 0.717) is 15.8 Å². The number of aromatic nitrogens is 2. The maximum absolute atomic E-state index is 12.4. The third-order valence-electron chi connectivity index (χ3n) is 3.47. The van der Waals surface area contributed by atoms with E-state index in [1.807, 2.05) is 26.0 Å². The Labute approximate surface area is 129 Å². The second-order valence-corrected chi connectivity index (χ2v) is 6.47. The van der Waals surface area contributed by atoms with E-state index in [0.717, 1.165) is 15.0 Å². The largest absolute Gasteiger partial charge is 0.329 e. The van der Waals surface area contributed by atoms with E-state index in [-0.39, 0.29) is 12.3 Å². The molecule has 0 fully saturated rings. The van der Waals surface area contributed by atoms with Crippen molar-refractivity contribution in [1.82, 2.24) is 9.55 Å². The van der Waals surface area contributed by atoms with Crippen molar-refractivity contribution in [2.24, 2.45) is 0 Å². The number of fused-ring (bicyclic) bond motifs is 1. The first kappa shape index (κ1) is 14.5. The van der Waals surface area contributed by atoms with E-state index in [9.17, 15) is 14.4 Å². The lowest BCUT2D eigenvalue weighted by Crippen LogP contribution is -2.36. The Bertz CT molecular complexity index is 977. The average molecular weight is 314 g/mol. The van der Waals surface area contributed by atoms with Gasteiger partial charge >= 0.3 is 5.69 Å². The molecule has 3 rings (SSSR count). The van der Waals surface area contributed by atoms with Crippen LogP contribution in [-0.2, 0) is 6.54 Å². The highest BCUT2D eigenvalue weighted by molar-refractivity contribution is 7.18. The van der Waals surface area contributed by atoms with Crippen LogP contribution >= 0.6 is 11.3 Å². The lowest BCUT2D eigenvalue weighted by molar-refractivity contribution is 0.0969. The molecule has 2 heterocycles. The highest BCUT2D eigenvalue weighted by Gasteiger charge is 2.14. The molecule has 0 aliphatic heterocycles. The molecule has 0 spiro atoms. The Kier molecular flexibility index (Phi) is 3.54. The van der Waals surface area contributed by atoms with Crippen molar-refractivity contribution in [2.45, 2.75) is 20.4 Å². The van der Waals surface area contributed by atoms with E-state index in [1.54, 1.807) is 18.2 Å². The summed E-state index contributed by atoms with van der Waals surface area (Å²) in [5, 5.41) is 0.443. The summed E-state index contributed by atoms with van der Waals surface area (Å²) in [6.07, 6.45) is 0. The van der Waals surface area contributed by atoms with Crippen LogP contribution in [0, 0.1) is 13.8 Å². The zero-order valence-corrected chi connectivity index (χ0v) is 13.0. The molecule has 0 aliphatic carbocycles. The van der Waals surface area contributed by atoms with Gasteiger partial charge in [0.2, 0.25) is 0 Å². The molecule has 0 radical (unpaired) electrons. The third kappa shape index (κ3) is 2.53. The van der Waals surface area contributed by atoms with E-state index in [2.05, 4.69) is 4.98 Å². The molecule has 0 aliphatic rings. The summed E-state index contributed by atoms with van der Waals surface area (Å²) in [5.41, 5.74) is 0.545.